The van der Waals surface area contributed by atoms with Crippen molar-refractivity contribution in [3.05, 3.63) is 111 Å². The van der Waals surface area contributed by atoms with Crippen LogP contribution in [0.2, 0.25) is 10.0 Å². The fourth-order valence-corrected chi connectivity index (χ4v) is 4.91. The molecule has 0 radical (unpaired) electrons. The van der Waals surface area contributed by atoms with Crippen molar-refractivity contribution >= 4 is 66.6 Å². The van der Waals surface area contributed by atoms with E-state index in [1.807, 2.05) is 12.1 Å². The summed E-state index contributed by atoms with van der Waals surface area (Å²) in [6.07, 6.45) is 3.01. The zero-order valence-corrected chi connectivity index (χ0v) is 22.4. The number of benzene rings is 3. The topological polar surface area (TPSA) is 101 Å². The quantitative estimate of drug-likeness (QED) is 0.204. The van der Waals surface area contributed by atoms with Gasteiger partial charge in [-0.3, -0.25) is 4.79 Å². The number of nitrogens with one attached hydrogen (secondary N) is 2. The lowest BCUT2D eigenvalue weighted by atomic mass is 9.97. The Bertz CT molecular complexity index is 1470. The van der Waals surface area contributed by atoms with Gasteiger partial charge in [-0.15, -0.1) is 0 Å². The molecule has 11 heteroatoms. The highest BCUT2D eigenvalue weighted by Gasteiger charge is 2.20. The monoisotopic (exact) mass is 604 g/mol. The van der Waals surface area contributed by atoms with Gasteiger partial charge in [0.25, 0.3) is 10.0 Å². The number of rotatable bonds is 9. The highest BCUT2D eigenvalue weighted by Crippen LogP contribution is 2.30. The maximum atomic E-state index is 13.0. The smallest absolute Gasteiger partial charge is 0.264 e. The molecular formula is C25H19BrCl2N4O3S. The van der Waals surface area contributed by atoms with E-state index in [2.05, 4.69) is 35.9 Å². The van der Waals surface area contributed by atoms with Crippen molar-refractivity contribution in [3.63, 3.8) is 0 Å². The number of sulfonamides is 1. The molecule has 4 rings (SSSR count). The Morgan fingerprint density at radius 2 is 1.58 bits per heavy atom. The van der Waals surface area contributed by atoms with Crippen LogP contribution in [0.4, 0.5) is 11.6 Å². The molecular weight excluding hydrogens is 587 g/mol. The van der Waals surface area contributed by atoms with Gasteiger partial charge in [0.1, 0.15) is 0 Å². The average molecular weight is 606 g/mol. The summed E-state index contributed by atoms with van der Waals surface area (Å²) in [7, 11) is -3.87. The van der Waals surface area contributed by atoms with E-state index in [1.54, 1.807) is 48.5 Å². The predicted molar refractivity (Wildman–Crippen MR) is 145 cm³/mol. The number of nitrogens with zero attached hydrogens (tertiary/aromatic N) is 2. The molecule has 0 aliphatic carbocycles. The summed E-state index contributed by atoms with van der Waals surface area (Å²) in [4.78, 5) is 20.8. The van der Waals surface area contributed by atoms with E-state index in [1.165, 1.54) is 24.5 Å². The van der Waals surface area contributed by atoms with Crippen LogP contribution in [0.5, 0.6) is 0 Å². The minimum absolute atomic E-state index is 0.0224. The summed E-state index contributed by atoms with van der Waals surface area (Å²) < 4.78 is 28.5. The number of anilines is 2. The maximum Gasteiger partial charge on any atom is 0.264 e. The first-order valence-electron chi connectivity index (χ1n) is 10.6. The van der Waals surface area contributed by atoms with Crippen LogP contribution in [0, 0.1) is 0 Å². The Morgan fingerprint density at radius 1 is 0.917 bits per heavy atom. The van der Waals surface area contributed by atoms with Crippen LogP contribution >= 0.6 is 39.1 Å². The molecule has 0 saturated heterocycles. The zero-order chi connectivity index (χ0) is 25.7. The minimum Gasteiger partial charge on any atom is -0.378 e. The fraction of sp³-hybridized carbons (Fsp3) is 0.0800. The van der Waals surface area contributed by atoms with Crippen molar-refractivity contribution in [2.24, 2.45) is 0 Å². The van der Waals surface area contributed by atoms with Crippen LogP contribution in [0.25, 0.3) is 0 Å². The van der Waals surface area contributed by atoms with Gasteiger partial charge in [0.2, 0.25) is 5.95 Å². The second-order valence-electron chi connectivity index (χ2n) is 7.71. The molecule has 1 heterocycles. The van der Waals surface area contributed by atoms with Gasteiger partial charge in [-0.05, 0) is 60.2 Å². The molecule has 0 spiro atoms. The molecule has 4 aromatic rings. The number of halogens is 3. The molecule has 1 aromatic heterocycles. The van der Waals surface area contributed by atoms with Crippen molar-refractivity contribution in [1.29, 1.82) is 0 Å². The number of hydrogen-bond acceptors (Lipinski definition) is 6. The van der Waals surface area contributed by atoms with E-state index in [-0.39, 0.29) is 23.0 Å². The minimum atomic E-state index is -3.87. The van der Waals surface area contributed by atoms with Crippen LogP contribution in [0.1, 0.15) is 28.4 Å². The number of carbonyl (C=O) groups excluding carboxylic acids is 1. The molecule has 0 aliphatic heterocycles. The summed E-state index contributed by atoms with van der Waals surface area (Å²) in [6.45, 7) is 0. The Balaban J connectivity index is 1.56. The Labute approximate surface area is 227 Å². The largest absolute Gasteiger partial charge is 0.378 e. The third-order valence-electron chi connectivity index (χ3n) is 5.20. The average Bonchev–Trinajstić information content (AvgIpc) is 2.86. The molecule has 36 heavy (non-hydrogen) atoms. The van der Waals surface area contributed by atoms with Gasteiger partial charge in [-0.2, -0.15) is 0 Å². The zero-order valence-electron chi connectivity index (χ0n) is 18.5. The standard InChI is InChI=1S/C25H19BrCl2N4O3S/c26-18-5-2-16(3-6-18)24(33)15-23(17-4-11-21(27)22(28)14-17)31-19-7-9-20(10-8-19)36(34,35)32-25-29-12-1-13-30-25/h1-14,23,31H,15H2,(H,29,30,32). The summed E-state index contributed by atoms with van der Waals surface area (Å²) in [5, 5.41) is 4.08. The Hall–Kier alpha value is -2.98. The lowest BCUT2D eigenvalue weighted by molar-refractivity contribution is 0.0976. The molecule has 3 aromatic carbocycles. The van der Waals surface area contributed by atoms with Crippen LogP contribution in [-0.4, -0.2) is 24.2 Å². The molecule has 7 nitrogen and oxygen atoms in total. The van der Waals surface area contributed by atoms with Crippen molar-refractivity contribution in [2.75, 3.05) is 10.0 Å². The number of ketones is 1. The van der Waals surface area contributed by atoms with E-state index in [4.69, 9.17) is 23.2 Å². The summed E-state index contributed by atoms with van der Waals surface area (Å²) >= 11 is 15.7. The van der Waals surface area contributed by atoms with Gasteiger partial charge in [-0.1, -0.05) is 57.3 Å². The molecule has 1 atom stereocenters. The predicted octanol–water partition coefficient (Wildman–Crippen LogP) is 6.77. The van der Waals surface area contributed by atoms with Crippen molar-refractivity contribution in [2.45, 2.75) is 17.4 Å². The van der Waals surface area contributed by atoms with E-state index in [0.29, 0.717) is 21.3 Å². The molecule has 0 aliphatic rings. The molecule has 1 unspecified atom stereocenters. The van der Waals surface area contributed by atoms with Gasteiger partial charge in [0.15, 0.2) is 5.78 Å². The first-order valence-corrected chi connectivity index (χ1v) is 13.6. The van der Waals surface area contributed by atoms with Gasteiger partial charge in [0.05, 0.1) is 21.0 Å². The summed E-state index contributed by atoms with van der Waals surface area (Å²) in [5.74, 6) is -0.0943. The highest BCUT2D eigenvalue weighted by atomic mass is 79.9. The molecule has 184 valence electrons. The van der Waals surface area contributed by atoms with Crippen LogP contribution in [0.3, 0.4) is 0 Å². The summed E-state index contributed by atoms with van der Waals surface area (Å²) in [6, 6.07) is 19.6. The first-order chi connectivity index (χ1) is 17.2. The van der Waals surface area contributed by atoms with Crippen LogP contribution < -0.4 is 10.0 Å². The Kier molecular flexibility index (Phi) is 8.25. The highest BCUT2D eigenvalue weighted by molar-refractivity contribution is 9.10. The molecule has 0 amide bonds. The van der Waals surface area contributed by atoms with Crippen molar-refractivity contribution in [1.82, 2.24) is 9.97 Å². The maximum absolute atomic E-state index is 13.0. The van der Waals surface area contributed by atoms with E-state index in [0.717, 1.165) is 10.0 Å². The van der Waals surface area contributed by atoms with E-state index >= 15 is 0 Å². The van der Waals surface area contributed by atoms with E-state index < -0.39 is 16.1 Å². The SMILES string of the molecule is O=C(CC(Nc1ccc(S(=O)(=O)Nc2ncccn2)cc1)c1ccc(Cl)c(Cl)c1)c1ccc(Br)cc1. The van der Waals surface area contributed by atoms with Crippen LogP contribution in [-0.2, 0) is 10.0 Å². The van der Waals surface area contributed by atoms with Gasteiger partial charge in [-0.25, -0.2) is 23.1 Å². The summed E-state index contributed by atoms with van der Waals surface area (Å²) in [5.41, 5.74) is 1.94. The third kappa shape index (κ3) is 6.61. The molecule has 0 saturated carbocycles. The number of aromatic nitrogens is 2. The normalized spacial score (nSPS) is 12.1. The molecule has 2 N–H and O–H groups in total. The van der Waals surface area contributed by atoms with Crippen LogP contribution in [0.15, 0.2) is 94.6 Å². The Morgan fingerprint density at radius 3 is 2.22 bits per heavy atom. The van der Waals surface area contributed by atoms with E-state index in [9.17, 15) is 13.2 Å². The number of carbonyl (C=O) groups is 1. The van der Waals surface area contributed by atoms with Crippen molar-refractivity contribution < 1.29 is 13.2 Å². The molecule has 0 bridgehead atoms. The lowest BCUT2D eigenvalue weighted by Crippen LogP contribution is -2.17. The van der Waals surface area contributed by atoms with Gasteiger partial charge < -0.3 is 5.32 Å². The fourth-order valence-electron chi connectivity index (χ4n) is 3.38. The van der Waals surface area contributed by atoms with Gasteiger partial charge in [0, 0.05) is 34.5 Å². The molecule has 0 fully saturated rings. The number of Topliss-reactive ketones (excluding diaryl/α,β-unsaturated/α-hetero) is 1. The second kappa shape index (κ2) is 11.4. The van der Waals surface area contributed by atoms with Crippen molar-refractivity contribution in [3.8, 4) is 0 Å². The number of hydrogen-bond donors (Lipinski definition) is 2. The second-order valence-corrected chi connectivity index (χ2v) is 11.1. The third-order valence-corrected chi connectivity index (χ3v) is 7.81. The van der Waals surface area contributed by atoms with Gasteiger partial charge >= 0.3 is 0 Å². The first kappa shape index (κ1) is 26.1. The lowest BCUT2D eigenvalue weighted by Gasteiger charge is -2.21.